The number of nitrogens with one attached hydrogen (secondary N) is 2. The van der Waals surface area contributed by atoms with Crippen LogP contribution in [-0.2, 0) is 0 Å². The minimum Gasteiger partial charge on any atom is -0.508 e. The molecule has 188 valence electrons. The van der Waals surface area contributed by atoms with Crippen LogP contribution < -0.4 is 10.6 Å². The quantitative estimate of drug-likeness (QED) is 0.120. The molecule has 7 nitrogen and oxygen atoms in total. The van der Waals surface area contributed by atoms with Crippen LogP contribution in [0.3, 0.4) is 0 Å². The van der Waals surface area contributed by atoms with Crippen molar-refractivity contribution in [3.05, 3.63) is 65.7 Å². The minimum absolute atomic E-state index is 0.00245. The summed E-state index contributed by atoms with van der Waals surface area (Å²) in [6, 6.07) is 13.7. The lowest BCUT2D eigenvalue weighted by molar-refractivity contribution is -0.122. The van der Waals surface area contributed by atoms with E-state index in [9.17, 15) is 31.4 Å². The Labute approximate surface area is 206 Å². The highest BCUT2D eigenvalue weighted by atomic mass is 32.1. The molecule has 0 fully saturated rings. The highest BCUT2D eigenvalue weighted by Gasteiger charge is 2.27. The molecule has 0 aliphatic heterocycles. The van der Waals surface area contributed by atoms with Crippen molar-refractivity contribution in [2.45, 2.75) is 12.4 Å². The molecule has 0 bridgehead atoms. The SMILES string of the molecule is Oc1ccc(C(=N\N=C(/S)NCC(F)(F)F)/C(=N/N=C(\S)NCC(F)(F)F)c2ccccc2)cc1. The molecule has 2 aromatic rings. The second kappa shape index (κ2) is 12.5. The van der Waals surface area contributed by atoms with E-state index < -0.39 is 35.8 Å². The number of aromatic hydroxyl groups is 1. The van der Waals surface area contributed by atoms with Crippen molar-refractivity contribution >= 4 is 47.0 Å². The van der Waals surface area contributed by atoms with Crippen LogP contribution in [0, 0.1) is 0 Å². The zero-order chi connectivity index (χ0) is 26.1. The summed E-state index contributed by atoms with van der Waals surface area (Å²) >= 11 is 7.68. The van der Waals surface area contributed by atoms with Crippen molar-refractivity contribution in [3.63, 3.8) is 0 Å². The molecule has 0 saturated carbocycles. The Morgan fingerprint density at radius 3 is 1.46 bits per heavy atom. The van der Waals surface area contributed by atoms with Gasteiger partial charge in [-0.05, 0) is 24.3 Å². The first kappa shape index (κ1) is 28.0. The van der Waals surface area contributed by atoms with Crippen LogP contribution in [0.25, 0.3) is 0 Å². The van der Waals surface area contributed by atoms with Gasteiger partial charge in [-0.15, -0.1) is 45.7 Å². The Balaban J connectivity index is 2.56. The average molecular weight is 537 g/mol. The molecule has 2 rings (SSSR count). The normalized spacial score (nSPS) is 14.2. The van der Waals surface area contributed by atoms with E-state index in [1.54, 1.807) is 30.3 Å². The van der Waals surface area contributed by atoms with Gasteiger partial charge >= 0.3 is 12.4 Å². The summed E-state index contributed by atoms with van der Waals surface area (Å²) < 4.78 is 74.7. The number of alkyl halides is 6. The van der Waals surface area contributed by atoms with Gasteiger partial charge in [0.15, 0.2) is 10.3 Å². The highest BCUT2D eigenvalue weighted by Crippen LogP contribution is 2.16. The van der Waals surface area contributed by atoms with Gasteiger partial charge in [0.05, 0.1) is 0 Å². The number of thiol groups is 2. The number of phenols is 1. The zero-order valence-corrected chi connectivity index (χ0v) is 19.3. The number of phenolic OH excluding ortho intramolecular Hbond substituents is 1. The van der Waals surface area contributed by atoms with Gasteiger partial charge in [-0.1, -0.05) is 30.3 Å². The third-order valence-electron chi connectivity index (χ3n) is 3.80. The molecule has 0 unspecified atom stereocenters. The number of rotatable bonds is 7. The van der Waals surface area contributed by atoms with Crippen molar-refractivity contribution in [2.75, 3.05) is 13.1 Å². The Morgan fingerprint density at radius 2 is 1.06 bits per heavy atom. The third kappa shape index (κ3) is 10.7. The van der Waals surface area contributed by atoms with Gasteiger partial charge in [-0.2, -0.15) is 26.3 Å². The van der Waals surface area contributed by atoms with Gasteiger partial charge in [0.2, 0.25) is 0 Å². The first-order chi connectivity index (χ1) is 16.3. The summed E-state index contributed by atoms with van der Waals surface area (Å²) in [4.78, 5) is 0. The van der Waals surface area contributed by atoms with E-state index in [0.29, 0.717) is 11.1 Å². The molecule has 0 atom stereocenters. The lowest BCUT2D eigenvalue weighted by Gasteiger charge is -2.11. The fourth-order valence-electron chi connectivity index (χ4n) is 2.32. The van der Waals surface area contributed by atoms with E-state index in [1.807, 2.05) is 10.6 Å². The van der Waals surface area contributed by atoms with E-state index in [1.165, 1.54) is 24.3 Å². The molecule has 0 spiro atoms. The monoisotopic (exact) mass is 536 g/mol. The molecule has 0 aliphatic carbocycles. The maximum absolute atomic E-state index is 12.5. The molecule has 3 N–H and O–H groups in total. The van der Waals surface area contributed by atoms with Crippen LogP contribution in [0.2, 0.25) is 0 Å². The van der Waals surface area contributed by atoms with Crippen LogP contribution in [0.4, 0.5) is 26.3 Å². The molecule has 15 heteroatoms. The van der Waals surface area contributed by atoms with Crippen molar-refractivity contribution in [2.24, 2.45) is 20.4 Å². The molecule has 35 heavy (non-hydrogen) atoms. The van der Waals surface area contributed by atoms with Crippen molar-refractivity contribution < 1.29 is 31.4 Å². The fourth-order valence-corrected chi connectivity index (χ4v) is 2.57. The van der Waals surface area contributed by atoms with Gasteiger partial charge in [-0.3, -0.25) is 0 Å². The maximum atomic E-state index is 12.5. The second-order valence-corrected chi connectivity index (χ2v) is 7.44. The lowest BCUT2D eigenvalue weighted by Crippen LogP contribution is -2.31. The van der Waals surface area contributed by atoms with Gasteiger partial charge in [0.1, 0.15) is 30.3 Å². The predicted molar refractivity (Wildman–Crippen MR) is 129 cm³/mol. The number of halogens is 6. The minimum atomic E-state index is -4.52. The Kier molecular flexibility index (Phi) is 10.0. The number of hydrogen-bond donors (Lipinski definition) is 5. The van der Waals surface area contributed by atoms with Crippen LogP contribution in [0.1, 0.15) is 11.1 Å². The average Bonchev–Trinajstić information content (AvgIpc) is 2.79. The van der Waals surface area contributed by atoms with Gasteiger partial charge in [0, 0.05) is 11.1 Å². The Hall–Kier alpha value is -3.20. The van der Waals surface area contributed by atoms with Gasteiger partial charge < -0.3 is 15.7 Å². The van der Waals surface area contributed by atoms with Crippen molar-refractivity contribution in [1.82, 2.24) is 10.6 Å². The van der Waals surface area contributed by atoms with Crippen molar-refractivity contribution in [3.8, 4) is 5.75 Å². The second-order valence-electron chi connectivity index (χ2n) is 6.59. The molecular formula is C20H18F6N6OS2. The number of nitrogens with zero attached hydrogens (tertiary/aromatic N) is 4. The predicted octanol–water partition coefficient (Wildman–Crippen LogP) is 4.38. The summed E-state index contributed by atoms with van der Waals surface area (Å²) in [6.07, 6.45) is -9.04. The molecule has 0 aliphatic rings. The Bertz CT molecular complexity index is 1100. The van der Waals surface area contributed by atoms with Gasteiger partial charge in [-0.25, -0.2) is 0 Å². The molecule has 0 amide bonds. The largest absolute Gasteiger partial charge is 0.508 e. The maximum Gasteiger partial charge on any atom is 0.405 e. The first-order valence-corrected chi connectivity index (χ1v) is 10.4. The van der Waals surface area contributed by atoms with E-state index in [4.69, 9.17) is 0 Å². The molecular weight excluding hydrogens is 518 g/mol. The van der Waals surface area contributed by atoms with Crippen LogP contribution in [0.15, 0.2) is 75.0 Å². The van der Waals surface area contributed by atoms with Crippen LogP contribution >= 0.6 is 25.3 Å². The fraction of sp³-hybridized carbons (Fsp3) is 0.200. The summed E-state index contributed by atoms with van der Waals surface area (Å²) in [5, 5.41) is 27.8. The smallest absolute Gasteiger partial charge is 0.405 e. The highest BCUT2D eigenvalue weighted by molar-refractivity contribution is 7.97. The van der Waals surface area contributed by atoms with Crippen LogP contribution in [-0.4, -0.2) is 52.3 Å². The molecule has 0 aromatic heterocycles. The van der Waals surface area contributed by atoms with E-state index in [-0.39, 0.29) is 17.2 Å². The first-order valence-electron chi connectivity index (χ1n) is 9.50. The summed E-state index contributed by atoms with van der Waals surface area (Å²) in [5.74, 6) is -0.0801. The topological polar surface area (TPSA) is 93.7 Å². The lowest BCUT2D eigenvalue weighted by atomic mass is 10.00. The molecule has 0 heterocycles. The summed E-state index contributed by atoms with van der Waals surface area (Å²) in [7, 11) is 0. The summed E-state index contributed by atoms with van der Waals surface area (Å²) in [6.45, 7) is -2.81. The van der Waals surface area contributed by atoms with Crippen molar-refractivity contribution in [1.29, 1.82) is 0 Å². The number of amidine groups is 2. The Morgan fingerprint density at radius 1 is 0.657 bits per heavy atom. The van der Waals surface area contributed by atoms with E-state index >= 15 is 0 Å². The van der Waals surface area contributed by atoms with Gasteiger partial charge in [0.25, 0.3) is 0 Å². The molecule has 0 radical (unpaired) electrons. The zero-order valence-electron chi connectivity index (χ0n) is 17.5. The molecule has 0 saturated heterocycles. The number of hydrogen-bond acceptors (Lipinski definition) is 5. The number of benzene rings is 2. The molecule has 2 aromatic carbocycles. The van der Waals surface area contributed by atoms with E-state index in [0.717, 1.165) is 0 Å². The van der Waals surface area contributed by atoms with Crippen LogP contribution in [0.5, 0.6) is 5.75 Å². The summed E-state index contributed by atoms with van der Waals surface area (Å²) in [5.41, 5.74) is 0.680. The third-order valence-corrected chi connectivity index (χ3v) is 4.29. The van der Waals surface area contributed by atoms with E-state index in [2.05, 4.69) is 45.7 Å². The standard InChI is InChI=1S/C20H18F6N6OS2/c21-19(22,23)10-27-17(34)31-29-15(12-4-2-1-3-5-12)16(13-6-8-14(33)9-7-13)30-32-18(35)28-11-20(24,25)26/h1-9,33H,10-11H2,(H2,27,31,34)(H2,28,32,35)/b29-15+,30-16+.